The molecule has 0 spiro atoms. The average molecular weight is 683 g/mol. The second-order valence-electron chi connectivity index (χ2n) is 15.3. The van der Waals surface area contributed by atoms with Crippen molar-refractivity contribution < 1.29 is 27.9 Å². The quantitative estimate of drug-likeness (QED) is 0.327. The molecule has 0 bridgehead atoms. The number of aliphatic hydroxyl groups is 1. The molecule has 264 valence electrons. The summed E-state index contributed by atoms with van der Waals surface area (Å²) in [6.07, 6.45) is 0.218. The van der Waals surface area contributed by atoms with E-state index in [1.165, 1.54) is 5.56 Å². The maximum atomic E-state index is 13.7. The van der Waals surface area contributed by atoms with Gasteiger partial charge in [0.2, 0.25) is 5.91 Å². The van der Waals surface area contributed by atoms with Gasteiger partial charge in [0.25, 0.3) is 0 Å². The lowest BCUT2D eigenvalue weighted by atomic mass is 9.75. The van der Waals surface area contributed by atoms with E-state index in [9.17, 15) is 23.1 Å². The van der Waals surface area contributed by atoms with Gasteiger partial charge in [-0.15, -0.1) is 0 Å². The SMILES string of the molecule is CC(C)[C@@H]1[C@H](OC(=O)N[C@@H](Cc2ccccc2)[C@H](O)CN2CCN(C3CC(c4ccccc4)C3)C[C@H]2C(=O)NC(C)(C)C)CCS1(=O)=O. The van der Waals surface area contributed by atoms with E-state index in [-0.39, 0.29) is 30.5 Å². The molecule has 5 atom stereocenters. The van der Waals surface area contributed by atoms with Gasteiger partial charge in [-0.25, -0.2) is 13.2 Å². The van der Waals surface area contributed by atoms with Crippen LogP contribution >= 0.6 is 0 Å². The minimum Gasteiger partial charge on any atom is -0.445 e. The van der Waals surface area contributed by atoms with Gasteiger partial charge in [0.05, 0.1) is 17.9 Å². The molecule has 48 heavy (non-hydrogen) atoms. The Bertz CT molecular complexity index is 1480. The molecule has 2 saturated heterocycles. The number of aliphatic hydroxyl groups excluding tert-OH is 1. The molecule has 2 amide bonds. The van der Waals surface area contributed by atoms with Gasteiger partial charge >= 0.3 is 6.09 Å². The summed E-state index contributed by atoms with van der Waals surface area (Å²) in [5, 5.41) is 17.0. The lowest BCUT2D eigenvalue weighted by Gasteiger charge is -2.49. The van der Waals surface area contributed by atoms with E-state index in [2.05, 4.69) is 39.8 Å². The number of hydrogen-bond donors (Lipinski definition) is 3. The highest BCUT2D eigenvalue weighted by atomic mass is 32.2. The number of hydrogen-bond acceptors (Lipinski definition) is 8. The van der Waals surface area contributed by atoms with Crippen molar-refractivity contribution in [2.45, 2.75) is 107 Å². The lowest BCUT2D eigenvalue weighted by molar-refractivity contribution is -0.132. The number of carbonyl (C=O) groups is 2. The number of ether oxygens (including phenoxy) is 1. The van der Waals surface area contributed by atoms with Gasteiger partial charge in [-0.3, -0.25) is 14.6 Å². The predicted octanol–water partition coefficient (Wildman–Crippen LogP) is 3.74. The summed E-state index contributed by atoms with van der Waals surface area (Å²) in [7, 11) is -3.35. The molecule has 3 N–H and O–H groups in total. The maximum Gasteiger partial charge on any atom is 0.407 e. The molecule has 2 aliphatic heterocycles. The molecule has 1 aliphatic carbocycles. The second-order valence-corrected chi connectivity index (χ2v) is 17.6. The Morgan fingerprint density at radius 3 is 2.27 bits per heavy atom. The number of amides is 2. The summed E-state index contributed by atoms with van der Waals surface area (Å²) in [6, 6.07) is 19.4. The molecule has 2 aromatic carbocycles. The molecule has 1 saturated carbocycles. The number of nitrogens with zero attached hydrogens (tertiary/aromatic N) is 2. The number of carbonyl (C=O) groups excluding carboxylic acids is 2. The average Bonchev–Trinajstić information content (AvgIpc) is 3.30. The summed E-state index contributed by atoms with van der Waals surface area (Å²) >= 11 is 0. The summed E-state index contributed by atoms with van der Waals surface area (Å²) in [6.45, 7) is 11.7. The molecule has 3 aliphatic rings. The van der Waals surface area contributed by atoms with E-state index in [0.29, 0.717) is 31.5 Å². The van der Waals surface area contributed by atoms with Crippen molar-refractivity contribution in [1.82, 2.24) is 20.4 Å². The Balaban J connectivity index is 1.28. The maximum absolute atomic E-state index is 13.7. The van der Waals surface area contributed by atoms with Gasteiger partial charge in [0.15, 0.2) is 9.84 Å². The monoisotopic (exact) mass is 682 g/mol. The smallest absolute Gasteiger partial charge is 0.407 e. The van der Waals surface area contributed by atoms with E-state index in [0.717, 1.165) is 24.9 Å². The fraction of sp³-hybridized carbons (Fsp3) is 0.622. The van der Waals surface area contributed by atoms with Crippen molar-refractivity contribution in [3.05, 3.63) is 71.8 Å². The molecule has 2 aromatic rings. The molecule has 0 aromatic heterocycles. The zero-order valence-corrected chi connectivity index (χ0v) is 29.9. The number of piperazine rings is 1. The highest BCUT2D eigenvalue weighted by Gasteiger charge is 2.45. The van der Waals surface area contributed by atoms with Crippen LogP contribution in [0.15, 0.2) is 60.7 Å². The third-order valence-electron chi connectivity index (χ3n) is 10.1. The van der Waals surface area contributed by atoms with Crippen molar-refractivity contribution in [2.24, 2.45) is 5.92 Å². The third-order valence-corrected chi connectivity index (χ3v) is 12.6. The minimum absolute atomic E-state index is 0.0123. The van der Waals surface area contributed by atoms with Gasteiger partial charge in [-0.1, -0.05) is 74.5 Å². The first-order chi connectivity index (χ1) is 22.7. The largest absolute Gasteiger partial charge is 0.445 e. The van der Waals surface area contributed by atoms with Gasteiger partial charge in [0, 0.05) is 37.8 Å². The van der Waals surface area contributed by atoms with E-state index in [1.54, 1.807) is 0 Å². The zero-order valence-electron chi connectivity index (χ0n) is 29.0. The fourth-order valence-corrected chi connectivity index (χ4v) is 9.92. The number of alkyl carbamates (subject to hydrolysis) is 1. The second kappa shape index (κ2) is 15.3. The van der Waals surface area contributed by atoms with Crippen LogP contribution in [0.5, 0.6) is 0 Å². The Hall–Kier alpha value is -2.99. The first kappa shape index (κ1) is 36.3. The van der Waals surface area contributed by atoms with Crippen molar-refractivity contribution in [2.75, 3.05) is 31.9 Å². The van der Waals surface area contributed by atoms with Crippen molar-refractivity contribution in [1.29, 1.82) is 0 Å². The summed E-state index contributed by atoms with van der Waals surface area (Å²) in [4.78, 5) is 31.5. The number of rotatable bonds is 11. The predicted molar refractivity (Wildman–Crippen MR) is 187 cm³/mol. The standard InChI is InChI=1S/C37H54N4O6S/c1-25(2)34-33(16-19-48(34,45)46)47-36(44)38-30(20-26-12-8-6-9-13-26)32(42)24-41-18-17-40(23-31(41)35(43)39-37(3,4)5)29-21-28(22-29)27-14-10-7-11-15-27/h6-15,25,28-34,42H,16-24H2,1-5H3,(H,38,44)(H,39,43)/t28?,29?,30-,31-,32+,33+,34+/m0/s1. The van der Waals surface area contributed by atoms with Crippen LogP contribution in [0.1, 0.15) is 70.9 Å². The van der Waals surface area contributed by atoms with Crippen LogP contribution in [0.3, 0.4) is 0 Å². The van der Waals surface area contributed by atoms with Crippen molar-refractivity contribution in [3.8, 4) is 0 Å². The molecular weight excluding hydrogens is 628 g/mol. The Labute approximate surface area is 286 Å². The molecule has 10 nitrogen and oxygen atoms in total. The fourth-order valence-electron chi connectivity index (χ4n) is 7.60. The van der Waals surface area contributed by atoms with Crippen LogP contribution in [0, 0.1) is 5.92 Å². The Morgan fingerprint density at radius 1 is 1.00 bits per heavy atom. The van der Waals surface area contributed by atoms with E-state index in [4.69, 9.17) is 4.74 Å². The Morgan fingerprint density at radius 2 is 1.65 bits per heavy atom. The van der Waals surface area contributed by atoms with E-state index in [1.807, 2.05) is 75.9 Å². The molecule has 3 fully saturated rings. The van der Waals surface area contributed by atoms with Crippen LogP contribution in [0.2, 0.25) is 0 Å². The van der Waals surface area contributed by atoms with E-state index < -0.39 is 51.0 Å². The third kappa shape index (κ3) is 9.16. The van der Waals surface area contributed by atoms with Gasteiger partial charge in [-0.2, -0.15) is 0 Å². The van der Waals surface area contributed by atoms with Crippen LogP contribution in [0.25, 0.3) is 0 Å². The summed E-state index contributed by atoms with van der Waals surface area (Å²) in [5.41, 5.74) is 1.87. The van der Waals surface area contributed by atoms with Crippen LogP contribution in [-0.2, 0) is 25.8 Å². The first-order valence-electron chi connectivity index (χ1n) is 17.5. The number of sulfone groups is 1. The van der Waals surface area contributed by atoms with E-state index >= 15 is 0 Å². The molecule has 0 unspecified atom stereocenters. The van der Waals surface area contributed by atoms with Crippen molar-refractivity contribution >= 4 is 21.8 Å². The summed E-state index contributed by atoms with van der Waals surface area (Å²) in [5.74, 6) is 0.247. The van der Waals surface area contributed by atoms with Gasteiger partial charge in [-0.05, 0) is 69.4 Å². The van der Waals surface area contributed by atoms with Gasteiger partial charge in [0.1, 0.15) is 17.4 Å². The first-order valence-corrected chi connectivity index (χ1v) is 19.2. The topological polar surface area (TPSA) is 128 Å². The van der Waals surface area contributed by atoms with Crippen LogP contribution in [0.4, 0.5) is 4.79 Å². The van der Waals surface area contributed by atoms with Crippen LogP contribution < -0.4 is 10.6 Å². The Kier molecular flexibility index (Phi) is 11.5. The molecular formula is C37H54N4O6S. The van der Waals surface area contributed by atoms with Crippen LogP contribution in [-0.4, -0.2) is 108 Å². The molecule has 5 rings (SSSR count). The summed E-state index contributed by atoms with van der Waals surface area (Å²) < 4.78 is 31.0. The molecule has 11 heteroatoms. The number of benzene rings is 2. The van der Waals surface area contributed by atoms with Gasteiger partial charge < -0.3 is 20.5 Å². The highest BCUT2D eigenvalue weighted by molar-refractivity contribution is 7.92. The molecule has 0 radical (unpaired) electrons. The minimum atomic E-state index is -3.35. The molecule has 2 heterocycles. The highest BCUT2D eigenvalue weighted by Crippen LogP contribution is 2.40. The zero-order chi connectivity index (χ0) is 34.6. The lowest BCUT2D eigenvalue weighted by Crippen LogP contribution is -2.65. The number of β-amino-alcohol motifs (C(OH)–C–C–N with tert-alkyl or cyclic N) is 1. The normalized spacial score (nSPS) is 27.5. The van der Waals surface area contributed by atoms with Crippen molar-refractivity contribution in [3.63, 3.8) is 0 Å². The number of nitrogens with one attached hydrogen (secondary N) is 2.